The minimum atomic E-state index is -0.307. The Labute approximate surface area is 211 Å². The van der Waals surface area contributed by atoms with Crippen molar-refractivity contribution in [1.82, 2.24) is 29.0 Å². The molecule has 5 heterocycles. The van der Waals surface area contributed by atoms with E-state index in [-0.39, 0.29) is 18.0 Å². The highest BCUT2D eigenvalue weighted by Crippen LogP contribution is 2.32. The second-order valence-electron chi connectivity index (χ2n) is 8.90. The summed E-state index contributed by atoms with van der Waals surface area (Å²) in [6.45, 7) is 0. The number of fused-ring (bicyclic) bond motifs is 2. The number of carbonyl (C=O) groups is 1. The highest BCUT2D eigenvalue weighted by molar-refractivity contribution is 5.97. The molecule has 6 rings (SSSR count). The zero-order valence-electron chi connectivity index (χ0n) is 20.2. The van der Waals surface area contributed by atoms with E-state index in [9.17, 15) is 9.18 Å². The maximum Gasteiger partial charge on any atom is 0.169 e. The van der Waals surface area contributed by atoms with E-state index >= 15 is 0 Å². The van der Waals surface area contributed by atoms with Crippen molar-refractivity contribution < 1.29 is 9.18 Å². The number of rotatable bonds is 6. The molecule has 0 unspecified atom stereocenters. The molecule has 37 heavy (non-hydrogen) atoms. The molecule has 0 aliphatic rings. The monoisotopic (exact) mass is 491 g/mol. The van der Waals surface area contributed by atoms with Crippen LogP contribution in [0.3, 0.4) is 0 Å². The average molecular weight is 492 g/mol. The number of nitrogens with zero attached hydrogens (tertiary/aromatic N) is 7. The van der Waals surface area contributed by atoms with Crippen LogP contribution in [0, 0.1) is 5.82 Å². The van der Waals surface area contributed by atoms with Gasteiger partial charge in [-0.2, -0.15) is 5.10 Å². The number of imidazole rings is 2. The molecular weight excluding hydrogens is 469 g/mol. The Balaban J connectivity index is 1.38. The van der Waals surface area contributed by atoms with Gasteiger partial charge in [0.05, 0.1) is 24.0 Å². The van der Waals surface area contributed by atoms with Gasteiger partial charge in [-0.3, -0.25) is 9.20 Å². The van der Waals surface area contributed by atoms with Crippen LogP contribution in [0.2, 0.25) is 0 Å². The van der Waals surface area contributed by atoms with Crippen molar-refractivity contribution in [1.29, 1.82) is 0 Å². The quantitative estimate of drug-likeness (QED) is 0.313. The zero-order valence-corrected chi connectivity index (χ0v) is 20.2. The zero-order chi connectivity index (χ0) is 25.5. The van der Waals surface area contributed by atoms with Crippen LogP contribution in [0.1, 0.15) is 16.1 Å². The lowest BCUT2D eigenvalue weighted by Crippen LogP contribution is -2.12. The Morgan fingerprint density at radius 1 is 0.973 bits per heavy atom. The van der Waals surface area contributed by atoms with Crippen LogP contribution >= 0.6 is 0 Å². The van der Waals surface area contributed by atoms with Crippen LogP contribution in [0.25, 0.3) is 33.9 Å². The largest absolute Gasteiger partial charge is 0.363 e. The van der Waals surface area contributed by atoms with Gasteiger partial charge in [0, 0.05) is 37.6 Å². The average Bonchev–Trinajstić information content (AvgIpc) is 3.49. The highest BCUT2D eigenvalue weighted by atomic mass is 19.1. The van der Waals surface area contributed by atoms with Gasteiger partial charge < -0.3 is 4.90 Å². The van der Waals surface area contributed by atoms with Crippen molar-refractivity contribution in [2.75, 3.05) is 19.0 Å². The fourth-order valence-electron chi connectivity index (χ4n) is 4.30. The number of carbonyl (C=O) groups excluding carboxylic acids is 1. The number of aromatic nitrogens is 6. The minimum Gasteiger partial charge on any atom is -0.363 e. The van der Waals surface area contributed by atoms with E-state index in [1.165, 1.54) is 12.1 Å². The fraction of sp³-hybridized carbons (Fsp3) is 0.107. The first kappa shape index (κ1) is 22.5. The van der Waals surface area contributed by atoms with Crippen LogP contribution in [-0.4, -0.2) is 48.8 Å². The van der Waals surface area contributed by atoms with Crippen LogP contribution in [0.15, 0.2) is 85.3 Å². The standard InChI is InChI=1S/C28H22FN7O/c1-34(2)26-15-19(12-13-30-26)23(37)16-21-17-36-25(31-21)11-10-22(33-36)28-27(18-6-8-20(29)9-7-18)32-24-5-3-4-14-35(24)28/h3-15,17H,16H2,1-2H3. The van der Waals surface area contributed by atoms with Crippen LogP contribution in [0.5, 0.6) is 0 Å². The van der Waals surface area contributed by atoms with Gasteiger partial charge in [0.15, 0.2) is 11.4 Å². The van der Waals surface area contributed by atoms with E-state index in [2.05, 4.69) is 9.97 Å². The lowest BCUT2D eigenvalue weighted by Gasteiger charge is -2.11. The van der Waals surface area contributed by atoms with Gasteiger partial charge in [0.1, 0.15) is 28.7 Å². The van der Waals surface area contributed by atoms with Gasteiger partial charge in [0.25, 0.3) is 0 Å². The third kappa shape index (κ3) is 4.20. The molecule has 0 fully saturated rings. The summed E-state index contributed by atoms with van der Waals surface area (Å²) in [7, 11) is 3.76. The van der Waals surface area contributed by atoms with Crippen molar-refractivity contribution in [3.05, 3.63) is 102 Å². The summed E-state index contributed by atoms with van der Waals surface area (Å²) in [6.07, 6.45) is 5.47. The number of Topliss-reactive ketones (excluding diaryl/α,β-unsaturated/α-hetero) is 1. The molecule has 0 bridgehead atoms. The lowest BCUT2D eigenvalue weighted by atomic mass is 10.1. The Bertz CT molecular complexity index is 1770. The molecule has 0 atom stereocenters. The summed E-state index contributed by atoms with van der Waals surface area (Å²) in [5.74, 6) is 0.366. The molecule has 0 saturated heterocycles. The Hall–Kier alpha value is -4.92. The van der Waals surface area contributed by atoms with Crippen LogP contribution < -0.4 is 4.90 Å². The summed E-state index contributed by atoms with van der Waals surface area (Å²) in [5, 5.41) is 4.80. The minimum absolute atomic E-state index is 0.0468. The van der Waals surface area contributed by atoms with Crippen molar-refractivity contribution in [2.24, 2.45) is 0 Å². The fourth-order valence-corrected chi connectivity index (χ4v) is 4.30. The number of halogens is 1. The molecule has 1 aromatic carbocycles. The van der Waals surface area contributed by atoms with Crippen LogP contribution in [0.4, 0.5) is 10.2 Å². The van der Waals surface area contributed by atoms with Crippen LogP contribution in [-0.2, 0) is 6.42 Å². The van der Waals surface area contributed by atoms with Gasteiger partial charge in [0.2, 0.25) is 0 Å². The summed E-state index contributed by atoms with van der Waals surface area (Å²) in [5.41, 5.74) is 5.52. The first-order valence-electron chi connectivity index (χ1n) is 11.7. The molecular formula is C28H22FN7O. The van der Waals surface area contributed by atoms with E-state index in [0.717, 1.165) is 22.7 Å². The summed E-state index contributed by atoms with van der Waals surface area (Å²) in [4.78, 5) is 28.5. The molecule has 0 saturated carbocycles. The second kappa shape index (κ2) is 8.94. The van der Waals surface area contributed by atoms with Crippen molar-refractivity contribution >= 4 is 22.9 Å². The predicted octanol–water partition coefficient (Wildman–Crippen LogP) is 4.74. The lowest BCUT2D eigenvalue weighted by molar-refractivity contribution is 0.0992. The van der Waals surface area contributed by atoms with E-state index in [1.807, 2.05) is 59.9 Å². The molecule has 0 N–H and O–H groups in total. The first-order valence-corrected chi connectivity index (χ1v) is 11.7. The van der Waals surface area contributed by atoms with E-state index in [0.29, 0.717) is 28.3 Å². The van der Waals surface area contributed by atoms with Crippen molar-refractivity contribution in [2.45, 2.75) is 6.42 Å². The molecule has 9 heteroatoms. The van der Waals surface area contributed by atoms with Gasteiger partial charge in [-0.1, -0.05) is 6.07 Å². The van der Waals surface area contributed by atoms with E-state index in [1.54, 1.807) is 41.2 Å². The second-order valence-corrected chi connectivity index (χ2v) is 8.90. The van der Waals surface area contributed by atoms with E-state index < -0.39 is 0 Å². The summed E-state index contributed by atoms with van der Waals surface area (Å²) in [6, 6.07) is 19.2. The number of ketones is 1. The number of hydrogen-bond donors (Lipinski definition) is 0. The number of hydrogen-bond acceptors (Lipinski definition) is 6. The maximum atomic E-state index is 13.6. The van der Waals surface area contributed by atoms with Crippen molar-refractivity contribution in [3.63, 3.8) is 0 Å². The molecule has 8 nitrogen and oxygen atoms in total. The van der Waals surface area contributed by atoms with Crippen molar-refractivity contribution in [3.8, 4) is 22.6 Å². The molecule has 0 spiro atoms. The Kier molecular flexibility index (Phi) is 5.45. The van der Waals surface area contributed by atoms with Gasteiger partial charge in [-0.25, -0.2) is 23.9 Å². The first-order chi connectivity index (χ1) is 18.0. The Morgan fingerprint density at radius 3 is 2.62 bits per heavy atom. The molecule has 182 valence electrons. The van der Waals surface area contributed by atoms with Gasteiger partial charge in [-0.15, -0.1) is 0 Å². The normalized spacial score (nSPS) is 11.3. The summed E-state index contributed by atoms with van der Waals surface area (Å²) >= 11 is 0. The number of benzene rings is 1. The molecule has 5 aromatic heterocycles. The highest BCUT2D eigenvalue weighted by Gasteiger charge is 2.18. The Morgan fingerprint density at radius 2 is 1.81 bits per heavy atom. The molecule has 0 amide bonds. The summed E-state index contributed by atoms with van der Waals surface area (Å²) < 4.78 is 17.2. The molecule has 6 aromatic rings. The van der Waals surface area contributed by atoms with Gasteiger partial charge >= 0.3 is 0 Å². The molecule has 0 aliphatic carbocycles. The SMILES string of the molecule is CN(C)c1cc(C(=O)Cc2cn3nc(-c4c(-c5ccc(F)cc5)nc5ccccn45)ccc3n2)ccn1. The number of anilines is 1. The third-order valence-corrected chi connectivity index (χ3v) is 6.13. The number of pyridine rings is 2. The topological polar surface area (TPSA) is 80.7 Å². The van der Waals surface area contributed by atoms with Gasteiger partial charge in [-0.05, 0) is 60.7 Å². The predicted molar refractivity (Wildman–Crippen MR) is 139 cm³/mol. The maximum absolute atomic E-state index is 13.6. The third-order valence-electron chi connectivity index (χ3n) is 6.13. The van der Waals surface area contributed by atoms with E-state index in [4.69, 9.17) is 10.1 Å². The smallest absolute Gasteiger partial charge is 0.169 e. The molecule has 0 radical (unpaired) electrons. The molecule has 0 aliphatic heterocycles.